The van der Waals surface area contributed by atoms with Gasteiger partial charge in [-0.1, -0.05) is 6.07 Å². The lowest BCUT2D eigenvalue weighted by molar-refractivity contribution is -0.144. The van der Waals surface area contributed by atoms with E-state index in [9.17, 15) is 13.2 Å². The molecule has 0 unspecified atom stereocenters. The van der Waals surface area contributed by atoms with Crippen LogP contribution < -0.4 is 4.74 Å². The smallest absolute Gasteiger partial charge is 0.439 e. The van der Waals surface area contributed by atoms with Crippen molar-refractivity contribution in [2.45, 2.75) is 13.1 Å². The molecule has 9 heteroatoms. The zero-order valence-corrected chi connectivity index (χ0v) is 12.8. The standard InChI is InChI=1S/C16H10F3N5O/c1-9-7-13(24-15(21-9)22-14(23-24)16(17,18)19)25-11-5-4-10-3-2-6-20-12(10)8-11/h2-8H,1H3. The van der Waals surface area contributed by atoms with E-state index in [1.807, 2.05) is 18.2 Å². The molecule has 6 nitrogen and oxygen atoms in total. The van der Waals surface area contributed by atoms with Crippen LogP contribution in [0.3, 0.4) is 0 Å². The Labute approximate surface area is 138 Å². The Morgan fingerprint density at radius 3 is 2.72 bits per heavy atom. The number of alkyl halides is 3. The van der Waals surface area contributed by atoms with Gasteiger partial charge in [-0.15, -0.1) is 5.10 Å². The molecule has 0 saturated heterocycles. The Balaban J connectivity index is 1.80. The Hall–Kier alpha value is -3.23. The maximum atomic E-state index is 12.8. The fraction of sp³-hybridized carbons (Fsp3) is 0.125. The van der Waals surface area contributed by atoms with Crippen LogP contribution in [0.1, 0.15) is 11.5 Å². The molecule has 0 saturated carbocycles. The third-order valence-corrected chi connectivity index (χ3v) is 3.46. The number of rotatable bonds is 2. The second-order valence-electron chi connectivity index (χ2n) is 5.34. The van der Waals surface area contributed by atoms with Crippen molar-refractivity contribution in [2.24, 2.45) is 0 Å². The van der Waals surface area contributed by atoms with Crippen molar-refractivity contribution < 1.29 is 17.9 Å². The third-order valence-electron chi connectivity index (χ3n) is 3.46. The molecule has 0 fully saturated rings. The molecule has 3 heterocycles. The molecule has 0 radical (unpaired) electrons. The van der Waals surface area contributed by atoms with Crippen molar-refractivity contribution in [3.63, 3.8) is 0 Å². The summed E-state index contributed by atoms with van der Waals surface area (Å²) in [6, 6.07) is 10.4. The van der Waals surface area contributed by atoms with Crippen LogP contribution in [0.15, 0.2) is 42.6 Å². The van der Waals surface area contributed by atoms with E-state index in [4.69, 9.17) is 4.74 Å². The highest BCUT2D eigenvalue weighted by molar-refractivity contribution is 5.79. The fourth-order valence-electron chi connectivity index (χ4n) is 2.38. The van der Waals surface area contributed by atoms with Crippen LogP contribution in [0.5, 0.6) is 11.6 Å². The lowest BCUT2D eigenvalue weighted by atomic mass is 10.2. The van der Waals surface area contributed by atoms with Gasteiger partial charge in [-0.25, -0.2) is 4.98 Å². The van der Waals surface area contributed by atoms with Gasteiger partial charge in [0.1, 0.15) is 5.75 Å². The van der Waals surface area contributed by atoms with Gasteiger partial charge in [0.05, 0.1) is 5.52 Å². The molecule has 0 bridgehead atoms. The predicted octanol–water partition coefficient (Wildman–Crippen LogP) is 3.79. The Bertz CT molecular complexity index is 1090. The first-order valence-electron chi connectivity index (χ1n) is 7.24. The normalized spacial score (nSPS) is 12.0. The van der Waals surface area contributed by atoms with Gasteiger partial charge in [-0.2, -0.15) is 22.7 Å². The van der Waals surface area contributed by atoms with Crippen LogP contribution in [-0.4, -0.2) is 24.6 Å². The lowest BCUT2D eigenvalue weighted by Crippen LogP contribution is -2.07. The van der Waals surface area contributed by atoms with Gasteiger partial charge in [0.2, 0.25) is 5.88 Å². The number of aromatic nitrogens is 5. The summed E-state index contributed by atoms with van der Waals surface area (Å²) < 4.78 is 45.2. The quantitative estimate of drug-likeness (QED) is 0.553. The molecule has 0 amide bonds. The van der Waals surface area contributed by atoms with E-state index in [2.05, 4.69) is 20.1 Å². The van der Waals surface area contributed by atoms with E-state index >= 15 is 0 Å². The average Bonchev–Trinajstić information content (AvgIpc) is 2.99. The molecule has 1 aromatic carbocycles. The number of hydrogen-bond donors (Lipinski definition) is 0. The SMILES string of the molecule is Cc1cc(Oc2ccc3cccnc3c2)n2nc(C(F)(F)F)nc2n1. The van der Waals surface area contributed by atoms with Gasteiger partial charge < -0.3 is 4.74 Å². The molecule has 0 atom stereocenters. The Morgan fingerprint density at radius 2 is 1.92 bits per heavy atom. The monoisotopic (exact) mass is 345 g/mol. The molecular formula is C16H10F3N5O. The van der Waals surface area contributed by atoms with Crippen LogP contribution in [-0.2, 0) is 6.18 Å². The van der Waals surface area contributed by atoms with Crippen molar-refractivity contribution in [3.05, 3.63) is 54.1 Å². The number of hydrogen-bond acceptors (Lipinski definition) is 5. The maximum absolute atomic E-state index is 12.8. The maximum Gasteiger partial charge on any atom is 0.453 e. The van der Waals surface area contributed by atoms with Crippen LogP contribution in [0, 0.1) is 6.92 Å². The van der Waals surface area contributed by atoms with Gasteiger partial charge in [-0.05, 0) is 25.1 Å². The van der Waals surface area contributed by atoms with Crippen molar-refractivity contribution in [1.29, 1.82) is 0 Å². The first kappa shape index (κ1) is 15.3. The van der Waals surface area contributed by atoms with E-state index in [0.717, 1.165) is 9.90 Å². The van der Waals surface area contributed by atoms with Gasteiger partial charge in [0.25, 0.3) is 11.6 Å². The first-order valence-corrected chi connectivity index (χ1v) is 7.24. The number of pyridine rings is 1. The van der Waals surface area contributed by atoms with Crippen molar-refractivity contribution in [1.82, 2.24) is 24.6 Å². The van der Waals surface area contributed by atoms with Gasteiger partial charge in [0.15, 0.2) is 0 Å². The summed E-state index contributed by atoms with van der Waals surface area (Å²) in [5.74, 6) is -0.945. The first-order chi connectivity index (χ1) is 11.9. The number of benzene rings is 1. The van der Waals surface area contributed by atoms with Gasteiger partial charge in [0, 0.05) is 29.4 Å². The van der Waals surface area contributed by atoms with Crippen molar-refractivity contribution in [2.75, 3.05) is 0 Å². The molecule has 25 heavy (non-hydrogen) atoms. The molecule has 0 aliphatic rings. The zero-order valence-electron chi connectivity index (χ0n) is 12.8. The zero-order chi connectivity index (χ0) is 17.6. The van der Waals surface area contributed by atoms with Crippen LogP contribution in [0.25, 0.3) is 16.7 Å². The highest BCUT2D eigenvalue weighted by atomic mass is 19.4. The fourth-order valence-corrected chi connectivity index (χ4v) is 2.38. The number of nitrogens with zero attached hydrogens (tertiary/aromatic N) is 5. The minimum absolute atomic E-state index is 0.0841. The van der Waals surface area contributed by atoms with E-state index in [-0.39, 0.29) is 11.7 Å². The number of fused-ring (bicyclic) bond motifs is 2. The molecule has 4 aromatic rings. The molecule has 0 spiro atoms. The number of halogens is 3. The summed E-state index contributed by atoms with van der Waals surface area (Å²) in [4.78, 5) is 11.6. The molecule has 4 rings (SSSR count). The second kappa shape index (κ2) is 5.40. The van der Waals surface area contributed by atoms with E-state index in [1.165, 1.54) is 6.07 Å². The van der Waals surface area contributed by atoms with E-state index < -0.39 is 12.0 Å². The summed E-state index contributed by atoms with van der Waals surface area (Å²) >= 11 is 0. The minimum Gasteiger partial charge on any atom is -0.439 e. The molecule has 0 aliphatic heterocycles. The molecule has 3 aromatic heterocycles. The summed E-state index contributed by atoms with van der Waals surface area (Å²) in [5.41, 5.74) is 1.17. The Kier molecular flexibility index (Phi) is 3.31. The topological polar surface area (TPSA) is 65.2 Å². The minimum atomic E-state index is -4.66. The van der Waals surface area contributed by atoms with E-state index in [1.54, 1.807) is 25.3 Å². The molecule has 0 aliphatic carbocycles. The van der Waals surface area contributed by atoms with E-state index in [0.29, 0.717) is 17.0 Å². The number of ether oxygens (including phenoxy) is 1. The lowest BCUT2D eigenvalue weighted by Gasteiger charge is -2.08. The molecule has 126 valence electrons. The highest BCUT2D eigenvalue weighted by Crippen LogP contribution is 2.29. The summed E-state index contributed by atoms with van der Waals surface area (Å²) in [6.45, 7) is 1.64. The summed E-state index contributed by atoms with van der Waals surface area (Å²) in [7, 11) is 0. The van der Waals surface area contributed by atoms with Gasteiger partial charge in [-0.3, -0.25) is 4.98 Å². The van der Waals surface area contributed by atoms with Crippen LogP contribution in [0.2, 0.25) is 0 Å². The van der Waals surface area contributed by atoms with Crippen molar-refractivity contribution >= 4 is 16.7 Å². The predicted molar refractivity (Wildman–Crippen MR) is 82.3 cm³/mol. The van der Waals surface area contributed by atoms with Gasteiger partial charge >= 0.3 is 6.18 Å². The highest BCUT2D eigenvalue weighted by Gasteiger charge is 2.37. The second-order valence-corrected chi connectivity index (χ2v) is 5.34. The third kappa shape index (κ3) is 2.84. The Morgan fingerprint density at radius 1 is 1.08 bits per heavy atom. The average molecular weight is 345 g/mol. The van der Waals surface area contributed by atoms with Crippen LogP contribution in [0.4, 0.5) is 13.2 Å². The largest absolute Gasteiger partial charge is 0.453 e. The summed E-state index contributed by atoms with van der Waals surface area (Å²) in [6.07, 6.45) is -3.01. The number of aryl methyl sites for hydroxylation is 1. The molecule has 0 N–H and O–H groups in total. The van der Waals surface area contributed by atoms with Crippen molar-refractivity contribution in [3.8, 4) is 11.6 Å². The van der Waals surface area contributed by atoms with Crippen LogP contribution >= 0.6 is 0 Å². The molecular weight excluding hydrogens is 335 g/mol. The summed E-state index contributed by atoms with van der Waals surface area (Å²) in [5, 5.41) is 4.38.